The number of nitrogens with zero attached hydrogens (tertiary/aromatic N) is 3. The van der Waals surface area contributed by atoms with Crippen LogP contribution in [-0.4, -0.2) is 73.7 Å². The number of alkyl halides is 3. The van der Waals surface area contributed by atoms with Crippen LogP contribution in [0.2, 0.25) is 5.02 Å². The van der Waals surface area contributed by atoms with Crippen LogP contribution in [0.4, 0.5) is 13.2 Å². The van der Waals surface area contributed by atoms with Crippen LogP contribution in [-0.2, 0) is 11.3 Å². The lowest BCUT2D eigenvalue weighted by atomic mass is 10.0. The number of aliphatic imine (C=N–C) groups is 1. The number of amides is 1. The summed E-state index contributed by atoms with van der Waals surface area (Å²) in [6, 6.07) is 8.01. The van der Waals surface area contributed by atoms with Crippen molar-refractivity contribution >= 4 is 23.5 Å². The van der Waals surface area contributed by atoms with Gasteiger partial charge in [0.15, 0.2) is 5.96 Å². The van der Waals surface area contributed by atoms with E-state index in [1.54, 1.807) is 0 Å². The molecule has 0 spiro atoms. The molecular weight excluding hydrogens is 419 g/mol. The molecule has 2 rings (SSSR count). The standard InChI is InChI=1S/C20H29ClF3N5O/c1-3-25-19(26-12-18(30)28(2)14-20(22,23)24)27-17-8-10-29(11-9-17)13-15-4-6-16(21)7-5-15/h4-7,17H,3,8-14H2,1-2H3,(H2,25,26,27). The molecule has 1 aliphatic rings. The molecule has 1 fully saturated rings. The van der Waals surface area contributed by atoms with Gasteiger partial charge in [-0.3, -0.25) is 9.69 Å². The summed E-state index contributed by atoms with van der Waals surface area (Å²) in [5.74, 6) is -0.232. The Bertz CT molecular complexity index is 703. The van der Waals surface area contributed by atoms with Crippen molar-refractivity contribution in [3.63, 3.8) is 0 Å². The summed E-state index contributed by atoms with van der Waals surface area (Å²) >= 11 is 5.93. The molecule has 1 amide bonds. The quantitative estimate of drug-likeness (QED) is 0.498. The van der Waals surface area contributed by atoms with Crippen molar-refractivity contribution in [3.05, 3.63) is 34.9 Å². The van der Waals surface area contributed by atoms with Gasteiger partial charge in [-0.15, -0.1) is 0 Å². The molecule has 0 saturated carbocycles. The normalized spacial score (nSPS) is 16.4. The largest absolute Gasteiger partial charge is 0.406 e. The first-order valence-electron chi connectivity index (χ1n) is 9.98. The Balaban J connectivity index is 1.81. The Kier molecular flexibility index (Phi) is 9.23. The third-order valence-electron chi connectivity index (χ3n) is 4.81. The van der Waals surface area contributed by atoms with E-state index in [1.165, 1.54) is 5.56 Å². The molecule has 0 unspecified atom stereocenters. The number of likely N-dealkylation sites (N-methyl/N-ethyl adjacent to an activating group) is 1. The number of carbonyl (C=O) groups excluding carboxylic acids is 1. The summed E-state index contributed by atoms with van der Waals surface area (Å²) in [7, 11) is 1.13. The van der Waals surface area contributed by atoms with Gasteiger partial charge in [-0.25, -0.2) is 4.99 Å². The highest BCUT2D eigenvalue weighted by Crippen LogP contribution is 2.17. The number of carbonyl (C=O) groups is 1. The molecule has 1 aromatic carbocycles. The van der Waals surface area contributed by atoms with E-state index >= 15 is 0 Å². The van der Waals surface area contributed by atoms with Gasteiger partial charge < -0.3 is 15.5 Å². The molecule has 1 heterocycles. The predicted octanol–water partition coefficient (Wildman–Crippen LogP) is 2.88. The molecule has 1 aromatic rings. The molecule has 2 N–H and O–H groups in total. The first-order valence-corrected chi connectivity index (χ1v) is 10.4. The zero-order valence-corrected chi connectivity index (χ0v) is 18.1. The van der Waals surface area contributed by atoms with Crippen molar-refractivity contribution in [2.75, 3.05) is 39.8 Å². The monoisotopic (exact) mass is 447 g/mol. The Hall–Kier alpha value is -2.00. The summed E-state index contributed by atoms with van der Waals surface area (Å²) in [4.78, 5) is 19.1. The van der Waals surface area contributed by atoms with Crippen molar-refractivity contribution < 1.29 is 18.0 Å². The van der Waals surface area contributed by atoms with Crippen LogP contribution >= 0.6 is 11.6 Å². The number of likely N-dealkylation sites (tertiary alicyclic amines) is 1. The van der Waals surface area contributed by atoms with Gasteiger partial charge in [0.2, 0.25) is 5.91 Å². The zero-order chi connectivity index (χ0) is 22.1. The maximum Gasteiger partial charge on any atom is 0.406 e. The lowest BCUT2D eigenvalue weighted by Crippen LogP contribution is -2.49. The summed E-state index contributed by atoms with van der Waals surface area (Å²) in [6.45, 7) is 3.55. The maximum atomic E-state index is 12.4. The molecule has 0 radical (unpaired) electrons. The van der Waals surface area contributed by atoms with Crippen LogP contribution in [0, 0.1) is 0 Å². The second-order valence-electron chi connectivity index (χ2n) is 7.38. The first-order chi connectivity index (χ1) is 14.2. The Morgan fingerprint density at radius 1 is 1.27 bits per heavy atom. The van der Waals surface area contributed by atoms with Crippen LogP contribution in [0.25, 0.3) is 0 Å². The van der Waals surface area contributed by atoms with Crippen LogP contribution in [0.15, 0.2) is 29.3 Å². The molecule has 0 aliphatic carbocycles. The van der Waals surface area contributed by atoms with Crippen molar-refractivity contribution in [3.8, 4) is 0 Å². The van der Waals surface area contributed by atoms with Crippen molar-refractivity contribution in [2.45, 2.75) is 38.5 Å². The predicted molar refractivity (Wildman–Crippen MR) is 113 cm³/mol. The average molecular weight is 448 g/mol. The molecule has 6 nitrogen and oxygen atoms in total. The van der Waals surface area contributed by atoms with E-state index in [2.05, 4.69) is 20.5 Å². The van der Waals surface area contributed by atoms with Gasteiger partial charge in [-0.05, 0) is 37.5 Å². The van der Waals surface area contributed by atoms with Gasteiger partial charge in [-0.2, -0.15) is 13.2 Å². The highest BCUT2D eigenvalue weighted by molar-refractivity contribution is 6.30. The minimum atomic E-state index is -4.42. The third kappa shape index (κ3) is 8.79. The molecule has 0 bridgehead atoms. The van der Waals surface area contributed by atoms with Gasteiger partial charge in [0.1, 0.15) is 13.1 Å². The van der Waals surface area contributed by atoms with Gasteiger partial charge in [0.25, 0.3) is 0 Å². The summed E-state index contributed by atoms with van der Waals surface area (Å²) < 4.78 is 37.3. The van der Waals surface area contributed by atoms with Crippen molar-refractivity contribution in [1.29, 1.82) is 0 Å². The fourth-order valence-electron chi connectivity index (χ4n) is 3.22. The second kappa shape index (κ2) is 11.4. The van der Waals surface area contributed by atoms with E-state index in [1.807, 2.05) is 31.2 Å². The number of halogens is 4. The molecular formula is C20H29ClF3N5O. The Morgan fingerprint density at radius 2 is 1.90 bits per heavy atom. The maximum absolute atomic E-state index is 12.4. The lowest BCUT2D eigenvalue weighted by Gasteiger charge is -2.33. The molecule has 168 valence electrons. The van der Waals surface area contributed by atoms with Gasteiger partial charge in [-0.1, -0.05) is 23.7 Å². The van der Waals surface area contributed by atoms with Crippen molar-refractivity contribution in [2.24, 2.45) is 4.99 Å². The smallest absolute Gasteiger partial charge is 0.357 e. The van der Waals surface area contributed by atoms with Crippen LogP contribution in [0.3, 0.4) is 0 Å². The molecule has 1 saturated heterocycles. The van der Waals surface area contributed by atoms with E-state index < -0.39 is 18.6 Å². The first kappa shape index (κ1) is 24.3. The lowest BCUT2D eigenvalue weighted by molar-refractivity contribution is -0.157. The fourth-order valence-corrected chi connectivity index (χ4v) is 3.35. The second-order valence-corrected chi connectivity index (χ2v) is 7.82. The van der Waals surface area contributed by atoms with Crippen LogP contribution in [0.1, 0.15) is 25.3 Å². The highest BCUT2D eigenvalue weighted by atomic mass is 35.5. The number of piperidine rings is 1. The van der Waals surface area contributed by atoms with E-state index in [9.17, 15) is 18.0 Å². The number of rotatable bonds is 7. The van der Waals surface area contributed by atoms with Crippen molar-refractivity contribution in [1.82, 2.24) is 20.4 Å². The van der Waals surface area contributed by atoms with E-state index in [0.29, 0.717) is 17.4 Å². The summed E-state index contributed by atoms with van der Waals surface area (Å²) in [5, 5.41) is 7.06. The van der Waals surface area contributed by atoms with Gasteiger partial charge in [0, 0.05) is 44.3 Å². The summed E-state index contributed by atoms with van der Waals surface area (Å²) in [5.41, 5.74) is 1.21. The van der Waals surface area contributed by atoms with Gasteiger partial charge in [0.05, 0.1) is 0 Å². The topological polar surface area (TPSA) is 60.0 Å². The molecule has 1 aliphatic heterocycles. The molecule has 0 atom stereocenters. The molecule has 30 heavy (non-hydrogen) atoms. The zero-order valence-electron chi connectivity index (χ0n) is 17.3. The van der Waals surface area contributed by atoms with Crippen LogP contribution in [0.5, 0.6) is 0 Å². The Morgan fingerprint density at radius 3 is 2.47 bits per heavy atom. The number of benzene rings is 1. The summed E-state index contributed by atoms with van der Waals surface area (Å²) in [6.07, 6.45) is -2.61. The highest BCUT2D eigenvalue weighted by Gasteiger charge is 2.31. The number of nitrogens with one attached hydrogen (secondary N) is 2. The fraction of sp³-hybridized carbons (Fsp3) is 0.600. The average Bonchev–Trinajstić information content (AvgIpc) is 2.68. The van der Waals surface area contributed by atoms with Gasteiger partial charge >= 0.3 is 6.18 Å². The number of guanidine groups is 1. The van der Waals surface area contributed by atoms with E-state index in [0.717, 1.165) is 44.5 Å². The molecule has 0 aromatic heterocycles. The number of hydrogen-bond acceptors (Lipinski definition) is 3. The van der Waals surface area contributed by atoms with E-state index in [-0.39, 0.29) is 12.6 Å². The minimum Gasteiger partial charge on any atom is -0.357 e. The number of hydrogen-bond donors (Lipinski definition) is 2. The molecule has 10 heteroatoms. The SMILES string of the molecule is CCNC(=NCC(=O)N(C)CC(F)(F)F)NC1CCN(Cc2ccc(Cl)cc2)CC1. The minimum absolute atomic E-state index is 0.187. The Labute approximate surface area is 180 Å². The third-order valence-corrected chi connectivity index (χ3v) is 5.06. The van der Waals surface area contributed by atoms with Crippen LogP contribution < -0.4 is 10.6 Å². The van der Waals surface area contributed by atoms with E-state index in [4.69, 9.17) is 11.6 Å².